The zero-order valence-electron chi connectivity index (χ0n) is 12.2. The zero-order valence-corrected chi connectivity index (χ0v) is 13.8. The second-order valence-corrected chi connectivity index (χ2v) is 6.10. The number of benzene rings is 1. The quantitative estimate of drug-likeness (QED) is 0.801. The van der Waals surface area contributed by atoms with Crippen molar-refractivity contribution < 1.29 is 0 Å². The molecule has 0 atom stereocenters. The minimum absolute atomic E-state index is 0. The summed E-state index contributed by atoms with van der Waals surface area (Å²) in [6.45, 7) is 4.92. The second kappa shape index (κ2) is 6.56. The van der Waals surface area contributed by atoms with Crippen LogP contribution in [0, 0.1) is 13.8 Å². The molecule has 0 unspecified atom stereocenters. The van der Waals surface area contributed by atoms with Gasteiger partial charge in [0.15, 0.2) is 0 Å². The van der Waals surface area contributed by atoms with Gasteiger partial charge in [0.1, 0.15) is 5.01 Å². The van der Waals surface area contributed by atoms with Gasteiger partial charge in [-0.2, -0.15) is 5.10 Å². The van der Waals surface area contributed by atoms with Gasteiger partial charge in [-0.25, -0.2) is 9.50 Å². The normalized spacial score (nSPS) is 10.8. The molecule has 2 heterocycles. The number of nitrogens with zero attached hydrogens (tertiary/aromatic N) is 3. The van der Waals surface area contributed by atoms with E-state index in [0.717, 1.165) is 28.5 Å². The van der Waals surface area contributed by atoms with E-state index in [2.05, 4.69) is 37.1 Å². The lowest BCUT2D eigenvalue weighted by atomic mass is 10.0. The summed E-state index contributed by atoms with van der Waals surface area (Å²) >= 11 is 1.65. The van der Waals surface area contributed by atoms with Gasteiger partial charge in [0.2, 0.25) is 4.96 Å². The molecule has 0 aliphatic heterocycles. The maximum atomic E-state index is 5.53. The predicted molar refractivity (Wildman–Crippen MR) is 90.4 cm³/mol. The van der Waals surface area contributed by atoms with Crippen LogP contribution in [0.2, 0.25) is 0 Å². The lowest BCUT2D eigenvalue weighted by molar-refractivity contribution is 0.799. The fourth-order valence-corrected chi connectivity index (χ4v) is 3.15. The summed E-state index contributed by atoms with van der Waals surface area (Å²) in [5.41, 5.74) is 10.2. The third-order valence-electron chi connectivity index (χ3n) is 3.35. The Morgan fingerprint density at radius 1 is 1.29 bits per heavy atom. The smallest absolute Gasteiger partial charge is 0.212 e. The van der Waals surface area contributed by atoms with E-state index >= 15 is 0 Å². The van der Waals surface area contributed by atoms with Crippen molar-refractivity contribution in [2.45, 2.75) is 26.7 Å². The van der Waals surface area contributed by atoms with Gasteiger partial charge in [0, 0.05) is 12.0 Å². The van der Waals surface area contributed by atoms with Crippen LogP contribution in [-0.4, -0.2) is 21.1 Å². The van der Waals surface area contributed by atoms with Crippen LogP contribution in [0.25, 0.3) is 16.2 Å². The maximum absolute atomic E-state index is 5.53. The molecule has 0 saturated heterocycles. The fourth-order valence-electron chi connectivity index (χ4n) is 2.24. The zero-order chi connectivity index (χ0) is 14.1. The van der Waals surface area contributed by atoms with Crippen molar-refractivity contribution in [2.75, 3.05) is 6.54 Å². The molecule has 0 amide bonds. The molecule has 0 aliphatic carbocycles. The van der Waals surface area contributed by atoms with Crippen LogP contribution in [0.4, 0.5) is 0 Å². The lowest BCUT2D eigenvalue weighted by Crippen LogP contribution is -2.00. The van der Waals surface area contributed by atoms with Crippen LogP contribution in [0.3, 0.4) is 0 Å². The molecule has 0 radical (unpaired) electrons. The molecular formula is C15H19ClN4S. The first-order chi connectivity index (χ1) is 9.67. The van der Waals surface area contributed by atoms with Gasteiger partial charge < -0.3 is 5.73 Å². The number of hydrogen-bond donors (Lipinski definition) is 1. The predicted octanol–water partition coefficient (Wildman–Crippen LogP) is 3.39. The van der Waals surface area contributed by atoms with Crippen LogP contribution in [0.15, 0.2) is 24.4 Å². The van der Waals surface area contributed by atoms with E-state index in [0.29, 0.717) is 6.54 Å². The third-order valence-corrected chi connectivity index (χ3v) is 4.33. The van der Waals surface area contributed by atoms with Gasteiger partial charge >= 0.3 is 0 Å². The van der Waals surface area contributed by atoms with E-state index < -0.39 is 0 Å². The summed E-state index contributed by atoms with van der Waals surface area (Å²) < 4.78 is 1.88. The Morgan fingerprint density at radius 2 is 2.10 bits per heavy atom. The van der Waals surface area contributed by atoms with Gasteiger partial charge in [0.25, 0.3) is 0 Å². The first kappa shape index (κ1) is 15.9. The first-order valence-corrected chi connectivity index (χ1v) is 7.62. The van der Waals surface area contributed by atoms with Crippen molar-refractivity contribution in [1.82, 2.24) is 14.6 Å². The Hall–Kier alpha value is -1.43. The van der Waals surface area contributed by atoms with Crippen molar-refractivity contribution in [3.63, 3.8) is 0 Å². The molecule has 2 N–H and O–H groups in total. The molecule has 21 heavy (non-hydrogen) atoms. The molecule has 2 aromatic heterocycles. The van der Waals surface area contributed by atoms with Crippen LogP contribution >= 0.6 is 23.7 Å². The van der Waals surface area contributed by atoms with E-state index in [1.165, 1.54) is 16.7 Å². The number of imidazole rings is 1. The number of fused-ring (bicyclic) bond motifs is 1. The summed E-state index contributed by atoms with van der Waals surface area (Å²) in [5, 5.41) is 5.67. The van der Waals surface area contributed by atoms with E-state index in [9.17, 15) is 0 Å². The molecule has 0 aliphatic rings. The summed E-state index contributed by atoms with van der Waals surface area (Å²) in [7, 11) is 0. The number of rotatable bonds is 4. The molecular weight excluding hydrogens is 304 g/mol. The monoisotopic (exact) mass is 322 g/mol. The summed E-state index contributed by atoms with van der Waals surface area (Å²) in [5.74, 6) is 0. The fraction of sp³-hybridized carbons (Fsp3) is 0.333. The van der Waals surface area contributed by atoms with Gasteiger partial charge in [-0.1, -0.05) is 29.0 Å². The number of aryl methyl sites for hydroxylation is 3. The topological polar surface area (TPSA) is 56.2 Å². The van der Waals surface area contributed by atoms with Crippen molar-refractivity contribution in [2.24, 2.45) is 5.73 Å². The van der Waals surface area contributed by atoms with Crippen molar-refractivity contribution in [3.8, 4) is 11.3 Å². The molecule has 112 valence electrons. The molecule has 0 saturated carbocycles. The molecule has 6 heteroatoms. The summed E-state index contributed by atoms with van der Waals surface area (Å²) in [4.78, 5) is 5.65. The molecule has 0 fully saturated rings. The highest BCUT2D eigenvalue weighted by Crippen LogP contribution is 2.26. The van der Waals surface area contributed by atoms with Crippen LogP contribution in [0.1, 0.15) is 22.6 Å². The number of halogens is 1. The van der Waals surface area contributed by atoms with Crippen LogP contribution in [0.5, 0.6) is 0 Å². The highest BCUT2D eigenvalue weighted by atomic mass is 35.5. The van der Waals surface area contributed by atoms with Gasteiger partial charge in [-0.15, -0.1) is 12.4 Å². The molecule has 0 spiro atoms. The third kappa shape index (κ3) is 3.26. The lowest BCUT2D eigenvalue weighted by Gasteiger charge is -2.03. The highest BCUT2D eigenvalue weighted by Gasteiger charge is 2.11. The SMILES string of the molecule is Cc1ccc(C)c(-c2cn3nc(CCCN)sc3n2)c1.Cl. The molecule has 0 bridgehead atoms. The molecule has 4 nitrogen and oxygen atoms in total. The van der Waals surface area contributed by atoms with Gasteiger partial charge in [0.05, 0.1) is 11.9 Å². The largest absolute Gasteiger partial charge is 0.330 e. The van der Waals surface area contributed by atoms with Gasteiger partial charge in [-0.3, -0.25) is 0 Å². The van der Waals surface area contributed by atoms with Crippen molar-refractivity contribution >= 4 is 28.7 Å². The average Bonchev–Trinajstić information content (AvgIpc) is 2.97. The van der Waals surface area contributed by atoms with Crippen LogP contribution in [-0.2, 0) is 6.42 Å². The van der Waals surface area contributed by atoms with Crippen LogP contribution < -0.4 is 5.73 Å². The molecule has 3 rings (SSSR count). The van der Waals surface area contributed by atoms with Gasteiger partial charge in [-0.05, 0) is 38.4 Å². The highest BCUT2D eigenvalue weighted by molar-refractivity contribution is 7.16. The average molecular weight is 323 g/mol. The standard InChI is InChI=1S/C15H18N4S.ClH/c1-10-5-6-11(2)12(8-10)13-9-19-15(17-13)20-14(18-19)4-3-7-16;/h5-6,8-9H,3-4,7,16H2,1-2H3;1H. The minimum Gasteiger partial charge on any atom is -0.330 e. The number of hydrogen-bond acceptors (Lipinski definition) is 4. The molecule has 1 aromatic carbocycles. The van der Waals surface area contributed by atoms with E-state index in [1.807, 2.05) is 10.7 Å². The second-order valence-electron chi connectivity index (χ2n) is 5.06. The Kier molecular flexibility index (Phi) is 4.98. The van der Waals surface area contributed by atoms with Crippen molar-refractivity contribution in [3.05, 3.63) is 40.5 Å². The number of nitrogens with two attached hydrogens (primary N) is 1. The molecule has 3 aromatic rings. The van der Waals surface area contributed by atoms with Crippen molar-refractivity contribution in [1.29, 1.82) is 0 Å². The van der Waals surface area contributed by atoms with E-state index in [-0.39, 0.29) is 12.4 Å². The Labute approximate surface area is 134 Å². The first-order valence-electron chi connectivity index (χ1n) is 6.80. The number of aromatic nitrogens is 3. The Bertz CT molecular complexity index is 716. The Morgan fingerprint density at radius 3 is 2.81 bits per heavy atom. The van der Waals surface area contributed by atoms with E-state index in [4.69, 9.17) is 10.7 Å². The Balaban J connectivity index is 0.00000161. The van der Waals surface area contributed by atoms with E-state index in [1.54, 1.807) is 11.3 Å². The maximum Gasteiger partial charge on any atom is 0.212 e. The summed E-state index contributed by atoms with van der Waals surface area (Å²) in [6, 6.07) is 6.44. The summed E-state index contributed by atoms with van der Waals surface area (Å²) in [6.07, 6.45) is 3.92. The minimum atomic E-state index is 0.